The Hall–Kier alpha value is -0.680. The summed E-state index contributed by atoms with van der Waals surface area (Å²) in [4.78, 5) is 16.4. The zero-order valence-electron chi connectivity index (χ0n) is 10.5. The van der Waals surface area contributed by atoms with Gasteiger partial charge in [-0.3, -0.25) is 9.78 Å². The molecule has 0 bridgehead atoms. The first-order valence-electron chi connectivity index (χ1n) is 6.16. The van der Waals surface area contributed by atoms with E-state index in [0.29, 0.717) is 23.1 Å². The minimum absolute atomic E-state index is 0.119. The van der Waals surface area contributed by atoms with Crippen molar-refractivity contribution in [2.75, 3.05) is 17.2 Å². The van der Waals surface area contributed by atoms with Crippen LogP contribution in [0.4, 0.5) is 5.69 Å². The van der Waals surface area contributed by atoms with Crippen molar-refractivity contribution >= 4 is 35.0 Å². The Bertz CT molecular complexity index is 425. The van der Waals surface area contributed by atoms with Crippen molar-refractivity contribution in [3.05, 3.63) is 24.0 Å². The lowest BCUT2D eigenvalue weighted by atomic mass is 10.0. The second-order valence-electron chi connectivity index (χ2n) is 4.33. The van der Waals surface area contributed by atoms with Gasteiger partial charge in [0.15, 0.2) is 5.78 Å². The monoisotopic (exact) mass is 282 g/mol. The van der Waals surface area contributed by atoms with E-state index in [1.807, 2.05) is 11.8 Å². The smallest absolute Gasteiger partial charge is 0.151 e. The number of hydrogen-bond acceptors (Lipinski definition) is 5. The molecule has 2 N–H and O–H groups in total. The number of aromatic nitrogens is 1. The van der Waals surface area contributed by atoms with Crippen molar-refractivity contribution in [2.45, 2.75) is 30.3 Å². The zero-order chi connectivity index (χ0) is 13.0. The topological polar surface area (TPSA) is 56.0 Å². The molecule has 3 nitrogen and oxygen atoms in total. The SMILES string of the molecule is CCC1SCCSC1C(=O)Cc1cnccc1N. The maximum Gasteiger partial charge on any atom is 0.151 e. The van der Waals surface area contributed by atoms with E-state index in [1.54, 1.807) is 30.2 Å². The third kappa shape index (κ3) is 3.20. The molecule has 0 amide bonds. The van der Waals surface area contributed by atoms with E-state index in [4.69, 9.17) is 5.73 Å². The molecule has 1 aliphatic heterocycles. The first-order valence-corrected chi connectivity index (χ1v) is 8.26. The molecule has 1 saturated heterocycles. The number of thioether (sulfide) groups is 2. The quantitative estimate of drug-likeness (QED) is 0.919. The van der Waals surface area contributed by atoms with Gasteiger partial charge in [0.05, 0.1) is 5.25 Å². The van der Waals surface area contributed by atoms with E-state index in [-0.39, 0.29) is 5.25 Å². The lowest BCUT2D eigenvalue weighted by molar-refractivity contribution is -0.117. The molecule has 18 heavy (non-hydrogen) atoms. The van der Waals surface area contributed by atoms with E-state index in [9.17, 15) is 4.79 Å². The minimum atomic E-state index is 0.119. The predicted octanol–water partition coefficient (Wildman–Crippen LogP) is 2.40. The van der Waals surface area contributed by atoms with Crippen LogP contribution in [0.1, 0.15) is 18.9 Å². The van der Waals surface area contributed by atoms with Crippen molar-refractivity contribution in [3.8, 4) is 0 Å². The summed E-state index contributed by atoms with van der Waals surface area (Å²) in [6.45, 7) is 2.16. The van der Waals surface area contributed by atoms with Gasteiger partial charge in [0.1, 0.15) is 0 Å². The summed E-state index contributed by atoms with van der Waals surface area (Å²) in [5.74, 6) is 2.51. The standard InChI is InChI=1S/C13H18N2OS2/c1-2-12-13(18-6-5-17-12)11(16)7-9-8-15-4-3-10(9)14/h3-4,8,12-13H,2,5-7H2,1H3,(H2,14,15). The summed E-state index contributed by atoms with van der Waals surface area (Å²) >= 11 is 3.72. The molecule has 98 valence electrons. The number of nitrogen functional groups attached to an aromatic ring is 1. The Balaban J connectivity index is 2.05. The molecule has 5 heteroatoms. The molecule has 2 unspecified atom stereocenters. The second kappa shape index (κ2) is 6.48. The van der Waals surface area contributed by atoms with E-state index in [0.717, 1.165) is 23.5 Å². The van der Waals surface area contributed by atoms with Crippen molar-refractivity contribution in [1.29, 1.82) is 0 Å². The third-order valence-electron chi connectivity index (χ3n) is 3.08. The third-order valence-corrected chi connectivity index (χ3v) is 6.37. The molecular formula is C13H18N2OS2. The number of anilines is 1. The molecule has 1 aromatic rings. The summed E-state index contributed by atoms with van der Waals surface area (Å²) in [6, 6.07) is 1.75. The number of pyridine rings is 1. The van der Waals surface area contributed by atoms with E-state index in [2.05, 4.69) is 11.9 Å². The van der Waals surface area contributed by atoms with Gasteiger partial charge >= 0.3 is 0 Å². The molecule has 0 aliphatic carbocycles. The van der Waals surface area contributed by atoms with Gasteiger partial charge in [-0.05, 0) is 12.5 Å². The molecule has 0 saturated carbocycles. The first kappa shape index (κ1) is 13.7. The summed E-state index contributed by atoms with van der Waals surface area (Å²) < 4.78 is 0. The maximum atomic E-state index is 12.4. The highest BCUT2D eigenvalue weighted by molar-refractivity contribution is 8.07. The molecule has 2 heterocycles. The van der Waals surface area contributed by atoms with E-state index < -0.39 is 0 Å². The molecule has 1 aliphatic rings. The summed E-state index contributed by atoms with van der Waals surface area (Å²) in [5.41, 5.74) is 7.38. The minimum Gasteiger partial charge on any atom is -0.398 e. The Morgan fingerprint density at radius 3 is 3.00 bits per heavy atom. The number of rotatable bonds is 4. The zero-order valence-corrected chi connectivity index (χ0v) is 12.1. The van der Waals surface area contributed by atoms with Crippen LogP contribution in [-0.4, -0.2) is 32.8 Å². The van der Waals surface area contributed by atoms with E-state index in [1.165, 1.54) is 0 Å². The Kier molecular flexibility index (Phi) is 4.95. The number of nitrogens with zero attached hydrogens (tertiary/aromatic N) is 1. The first-order chi connectivity index (χ1) is 8.72. The van der Waals surface area contributed by atoms with Crippen molar-refractivity contribution < 1.29 is 4.79 Å². The van der Waals surface area contributed by atoms with E-state index >= 15 is 0 Å². The van der Waals surface area contributed by atoms with Crippen LogP contribution in [0.2, 0.25) is 0 Å². The van der Waals surface area contributed by atoms with Crippen LogP contribution in [0.3, 0.4) is 0 Å². The summed E-state index contributed by atoms with van der Waals surface area (Å²) in [7, 11) is 0. The number of hydrogen-bond donors (Lipinski definition) is 1. The van der Waals surface area contributed by atoms with Crippen molar-refractivity contribution in [1.82, 2.24) is 4.98 Å². The maximum absolute atomic E-state index is 12.4. The van der Waals surface area contributed by atoms with Crippen LogP contribution in [0.25, 0.3) is 0 Å². The van der Waals surface area contributed by atoms with Crippen molar-refractivity contribution in [3.63, 3.8) is 0 Å². The molecular weight excluding hydrogens is 264 g/mol. The second-order valence-corrected chi connectivity index (χ2v) is 6.92. The molecule has 1 aromatic heterocycles. The number of Topliss-reactive ketones (excluding diaryl/α,β-unsaturated/α-hetero) is 1. The molecule has 0 radical (unpaired) electrons. The molecule has 2 rings (SSSR count). The van der Waals surface area contributed by atoms with Gasteiger partial charge in [0.2, 0.25) is 0 Å². The Morgan fingerprint density at radius 2 is 2.28 bits per heavy atom. The highest BCUT2D eigenvalue weighted by Crippen LogP contribution is 2.34. The highest BCUT2D eigenvalue weighted by Gasteiger charge is 2.30. The largest absolute Gasteiger partial charge is 0.398 e. The normalized spacial score (nSPS) is 23.8. The number of carbonyl (C=O) groups excluding carboxylic acids is 1. The van der Waals surface area contributed by atoms with Crippen molar-refractivity contribution in [2.24, 2.45) is 0 Å². The van der Waals surface area contributed by atoms with Gasteiger partial charge in [-0.1, -0.05) is 6.92 Å². The van der Waals surface area contributed by atoms with Crippen LogP contribution in [0.5, 0.6) is 0 Å². The van der Waals surface area contributed by atoms with Crippen LogP contribution in [0, 0.1) is 0 Å². The van der Waals surface area contributed by atoms with Crippen LogP contribution < -0.4 is 5.73 Å². The molecule has 2 atom stereocenters. The summed E-state index contributed by atoms with van der Waals surface area (Å²) in [6.07, 6.45) is 4.82. The fourth-order valence-electron chi connectivity index (χ4n) is 2.08. The highest BCUT2D eigenvalue weighted by atomic mass is 32.2. The average molecular weight is 282 g/mol. The van der Waals surface area contributed by atoms with Crippen LogP contribution in [-0.2, 0) is 11.2 Å². The van der Waals surface area contributed by atoms with Gasteiger partial charge in [0.25, 0.3) is 0 Å². The fraction of sp³-hybridized carbons (Fsp3) is 0.538. The van der Waals surface area contributed by atoms with Gasteiger partial charge in [-0.2, -0.15) is 11.8 Å². The predicted molar refractivity (Wildman–Crippen MR) is 80.1 cm³/mol. The van der Waals surface area contributed by atoms with Gasteiger partial charge in [0, 0.05) is 46.8 Å². The Morgan fingerprint density at radius 1 is 1.50 bits per heavy atom. The number of ketones is 1. The van der Waals surface area contributed by atoms with Gasteiger partial charge in [-0.25, -0.2) is 0 Å². The van der Waals surface area contributed by atoms with Gasteiger partial charge in [-0.15, -0.1) is 11.8 Å². The molecule has 0 aromatic carbocycles. The molecule has 0 spiro atoms. The number of nitrogens with two attached hydrogens (primary N) is 1. The Labute approximate surface area is 116 Å². The lowest BCUT2D eigenvalue weighted by Crippen LogP contribution is -2.33. The van der Waals surface area contributed by atoms with Gasteiger partial charge < -0.3 is 5.73 Å². The summed E-state index contributed by atoms with van der Waals surface area (Å²) in [5, 5.41) is 0.572. The lowest BCUT2D eigenvalue weighted by Gasteiger charge is -2.28. The van der Waals surface area contributed by atoms with Crippen LogP contribution in [0.15, 0.2) is 18.5 Å². The molecule has 1 fully saturated rings. The average Bonchev–Trinajstić information content (AvgIpc) is 2.41. The van der Waals surface area contributed by atoms with Crippen LogP contribution >= 0.6 is 23.5 Å². The number of carbonyl (C=O) groups is 1. The fourth-order valence-corrected chi connectivity index (χ4v) is 5.11.